The van der Waals surface area contributed by atoms with Crippen LogP contribution in [0, 0.1) is 17.8 Å². The summed E-state index contributed by atoms with van der Waals surface area (Å²) in [6.07, 6.45) is 11.1. The number of aromatic nitrogens is 2. The molecule has 3 heterocycles. The average Bonchev–Trinajstić information content (AvgIpc) is 3.16. The second kappa shape index (κ2) is 8.54. The molecule has 1 saturated heterocycles. The van der Waals surface area contributed by atoms with Crippen LogP contribution in [0.2, 0.25) is 0 Å². The lowest BCUT2D eigenvalue weighted by Gasteiger charge is -2.34. The van der Waals surface area contributed by atoms with Crippen LogP contribution in [0.3, 0.4) is 0 Å². The molecule has 1 saturated carbocycles. The van der Waals surface area contributed by atoms with Gasteiger partial charge in [-0.25, -0.2) is 9.78 Å². The predicted molar refractivity (Wildman–Crippen MR) is 113 cm³/mol. The molecule has 2 aliphatic rings. The van der Waals surface area contributed by atoms with Gasteiger partial charge in [-0.1, -0.05) is 13.8 Å². The molecule has 2 amide bonds. The zero-order chi connectivity index (χ0) is 19.5. The second-order valence-electron chi connectivity index (χ2n) is 9.12. The van der Waals surface area contributed by atoms with E-state index in [1.54, 1.807) is 0 Å². The van der Waals surface area contributed by atoms with Crippen LogP contribution in [0.1, 0.15) is 63.9 Å². The van der Waals surface area contributed by atoms with Crippen molar-refractivity contribution in [3.8, 4) is 0 Å². The zero-order valence-electron chi connectivity index (χ0n) is 17.3. The van der Waals surface area contributed by atoms with Gasteiger partial charge in [-0.3, -0.25) is 0 Å². The van der Waals surface area contributed by atoms with E-state index in [0.29, 0.717) is 11.8 Å². The molecule has 2 N–H and O–H groups in total. The maximum Gasteiger partial charge on any atom is 0.317 e. The quantitative estimate of drug-likeness (QED) is 0.789. The summed E-state index contributed by atoms with van der Waals surface area (Å²) in [7, 11) is 0. The van der Waals surface area contributed by atoms with Crippen LogP contribution in [-0.2, 0) is 0 Å². The number of fused-ring (bicyclic) bond motifs is 1. The molecule has 4 rings (SSSR count). The third-order valence-corrected chi connectivity index (χ3v) is 7.08. The Hall–Kier alpha value is -2.04. The van der Waals surface area contributed by atoms with Crippen molar-refractivity contribution in [3.63, 3.8) is 0 Å². The summed E-state index contributed by atoms with van der Waals surface area (Å²) in [6, 6.07) is 4.27. The minimum absolute atomic E-state index is 0.130. The number of amides is 2. The van der Waals surface area contributed by atoms with Gasteiger partial charge >= 0.3 is 6.03 Å². The molecule has 0 spiro atoms. The maximum atomic E-state index is 12.6. The molecule has 0 unspecified atom stereocenters. The van der Waals surface area contributed by atoms with E-state index in [-0.39, 0.29) is 6.03 Å². The highest BCUT2D eigenvalue weighted by atomic mass is 16.2. The van der Waals surface area contributed by atoms with Gasteiger partial charge in [0, 0.05) is 37.4 Å². The summed E-state index contributed by atoms with van der Waals surface area (Å²) in [6.45, 7) is 7.19. The lowest BCUT2D eigenvalue weighted by molar-refractivity contribution is 0.174. The summed E-state index contributed by atoms with van der Waals surface area (Å²) in [5.41, 5.74) is 2.31. The molecule has 0 atom stereocenters. The lowest BCUT2D eigenvalue weighted by atomic mass is 9.77. The molecule has 2 fully saturated rings. The number of aromatic amines is 1. The first kappa shape index (κ1) is 19.3. The molecular weight excluding hydrogens is 348 g/mol. The number of hydrogen-bond acceptors (Lipinski definition) is 2. The van der Waals surface area contributed by atoms with Crippen molar-refractivity contribution in [1.29, 1.82) is 0 Å². The van der Waals surface area contributed by atoms with Gasteiger partial charge in [-0.05, 0) is 79.9 Å². The third kappa shape index (κ3) is 4.18. The van der Waals surface area contributed by atoms with Crippen LogP contribution in [0.4, 0.5) is 4.79 Å². The highest BCUT2D eigenvalue weighted by Crippen LogP contribution is 2.34. The molecular formula is C23H34N4O. The van der Waals surface area contributed by atoms with Crippen molar-refractivity contribution >= 4 is 17.1 Å². The summed E-state index contributed by atoms with van der Waals surface area (Å²) in [4.78, 5) is 22.3. The summed E-state index contributed by atoms with van der Waals surface area (Å²) >= 11 is 0. The molecule has 2 aromatic rings. The molecule has 1 aliphatic heterocycles. The summed E-state index contributed by atoms with van der Waals surface area (Å²) < 4.78 is 0. The maximum absolute atomic E-state index is 12.6. The van der Waals surface area contributed by atoms with Crippen molar-refractivity contribution in [1.82, 2.24) is 20.2 Å². The zero-order valence-corrected chi connectivity index (χ0v) is 17.3. The Bertz CT molecular complexity index is 783. The molecule has 1 aliphatic carbocycles. The predicted octanol–water partition coefficient (Wildman–Crippen LogP) is 4.91. The van der Waals surface area contributed by atoms with Gasteiger partial charge in [-0.15, -0.1) is 0 Å². The summed E-state index contributed by atoms with van der Waals surface area (Å²) in [5.74, 6) is 2.85. The van der Waals surface area contributed by atoms with Crippen molar-refractivity contribution in [2.75, 3.05) is 19.6 Å². The number of carbonyl (C=O) groups is 1. The van der Waals surface area contributed by atoms with E-state index < -0.39 is 0 Å². The highest BCUT2D eigenvalue weighted by molar-refractivity contribution is 5.80. The number of rotatable bonds is 4. The van der Waals surface area contributed by atoms with E-state index in [9.17, 15) is 4.79 Å². The number of nitrogens with one attached hydrogen (secondary N) is 2. The van der Waals surface area contributed by atoms with E-state index in [1.165, 1.54) is 36.6 Å². The second-order valence-corrected chi connectivity index (χ2v) is 9.12. The minimum atomic E-state index is 0.130. The van der Waals surface area contributed by atoms with Crippen LogP contribution in [0.5, 0.6) is 0 Å². The molecule has 5 heteroatoms. The topological polar surface area (TPSA) is 61.0 Å². The lowest BCUT2D eigenvalue weighted by Crippen LogP contribution is -2.45. The number of nitrogens with zero attached hydrogens (tertiary/aromatic N) is 2. The van der Waals surface area contributed by atoms with E-state index in [2.05, 4.69) is 41.4 Å². The number of H-pyrrole nitrogens is 1. The molecule has 0 bridgehead atoms. The largest absolute Gasteiger partial charge is 0.346 e. The fourth-order valence-electron chi connectivity index (χ4n) is 5.11. The first-order chi connectivity index (χ1) is 13.6. The summed E-state index contributed by atoms with van der Waals surface area (Å²) in [5, 5.41) is 4.44. The van der Waals surface area contributed by atoms with Gasteiger partial charge in [0.25, 0.3) is 0 Å². The van der Waals surface area contributed by atoms with Crippen LogP contribution in [0.15, 0.2) is 24.5 Å². The van der Waals surface area contributed by atoms with Gasteiger partial charge in [0.15, 0.2) is 0 Å². The van der Waals surface area contributed by atoms with Gasteiger partial charge in [0.1, 0.15) is 5.65 Å². The fraction of sp³-hybridized carbons (Fsp3) is 0.652. The van der Waals surface area contributed by atoms with E-state index >= 15 is 0 Å². The minimum Gasteiger partial charge on any atom is -0.346 e. The Kier molecular flexibility index (Phi) is 5.88. The molecule has 5 nitrogen and oxygen atoms in total. The molecule has 28 heavy (non-hydrogen) atoms. The number of urea groups is 1. The first-order valence-electron chi connectivity index (χ1n) is 11.1. The number of piperidine rings is 1. The van der Waals surface area contributed by atoms with Gasteiger partial charge in [0.2, 0.25) is 0 Å². The normalized spacial score (nSPS) is 24.0. The SMILES string of the molecule is CC(C)C1CCC(CNC(=O)N2CCC(c3c[nH]c4ncccc34)CC2)CC1. The Morgan fingerprint density at radius 1 is 1.21 bits per heavy atom. The molecule has 2 aromatic heterocycles. The number of hydrogen-bond donors (Lipinski definition) is 2. The molecule has 152 valence electrons. The molecule has 0 radical (unpaired) electrons. The van der Waals surface area contributed by atoms with Gasteiger partial charge < -0.3 is 15.2 Å². The van der Waals surface area contributed by atoms with Crippen LogP contribution in [0.25, 0.3) is 11.0 Å². The van der Waals surface area contributed by atoms with E-state index in [4.69, 9.17) is 0 Å². The third-order valence-electron chi connectivity index (χ3n) is 7.08. The fourth-order valence-corrected chi connectivity index (χ4v) is 5.11. The van der Waals surface area contributed by atoms with Crippen LogP contribution in [-0.4, -0.2) is 40.5 Å². The Labute approximate surface area is 168 Å². The molecule has 0 aromatic carbocycles. The van der Waals surface area contributed by atoms with Crippen molar-refractivity contribution < 1.29 is 4.79 Å². The Balaban J connectivity index is 1.23. The first-order valence-corrected chi connectivity index (χ1v) is 11.1. The smallest absolute Gasteiger partial charge is 0.317 e. The standard InChI is InChI=1S/C23H34N4O/c1-16(2)18-7-5-17(6-8-18)14-26-23(28)27-12-9-19(10-13-27)21-15-25-22-20(21)4-3-11-24-22/h3-4,11,15-19H,5-10,12-14H2,1-2H3,(H,24,25)(H,26,28). The number of pyridine rings is 1. The highest BCUT2D eigenvalue weighted by Gasteiger charge is 2.27. The van der Waals surface area contributed by atoms with Crippen molar-refractivity contribution in [2.45, 2.75) is 58.3 Å². The van der Waals surface area contributed by atoms with Gasteiger partial charge in [-0.2, -0.15) is 0 Å². The Morgan fingerprint density at radius 2 is 1.96 bits per heavy atom. The van der Waals surface area contributed by atoms with E-state index in [0.717, 1.165) is 50.0 Å². The van der Waals surface area contributed by atoms with Gasteiger partial charge in [0.05, 0.1) is 0 Å². The van der Waals surface area contributed by atoms with E-state index in [1.807, 2.05) is 17.2 Å². The van der Waals surface area contributed by atoms with Crippen LogP contribution < -0.4 is 5.32 Å². The monoisotopic (exact) mass is 382 g/mol. The van der Waals surface area contributed by atoms with Crippen LogP contribution >= 0.6 is 0 Å². The van der Waals surface area contributed by atoms with Crippen molar-refractivity contribution in [2.24, 2.45) is 17.8 Å². The van der Waals surface area contributed by atoms with Crippen molar-refractivity contribution in [3.05, 3.63) is 30.1 Å². The number of likely N-dealkylation sites (tertiary alicyclic amines) is 1. The number of carbonyl (C=O) groups excluding carboxylic acids is 1. The average molecular weight is 383 g/mol. The Morgan fingerprint density at radius 3 is 2.68 bits per heavy atom.